The van der Waals surface area contributed by atoms with Gasteiger partial charge in [-0.05, 0) is 63.7 Å². The van der Waals surface area contributed by atoms with Gasteiger partial charge in [0.1, 0.15) is 18.4 Å². The molecular weight excluding hydrogens is 971 g/mol. The SMILES string of the molecule is CCCCCCCCOC(=O)CCN(CCCCCC(=O)Nc1nc(OCCOC)nc2c1[nH]c(=O)n2Cc1ccc(C=O)cc1)CCCN(CCC(=O)OCCCCCCCC)CCC(=O)OCCCCCCCC. The summed E-state index contributed by atoms with van der Waals surface area (Å²) in [6.45, 7) is 11.9. The summed E-state index contributed by atoms with van der Waals surface area (Å²) in [5.41, 5.74) is 1.34. The Kier molecular flexibility index (Phi) is 35.9. The Labute approximate surface area is 453 Å². The molecule has 0 radical (unpaired) electrons. The second-order valence-corrected chi connectivity index (χ2v) is 19.9. The topological polar surface area (TPSA) is 214 Å². The van der Waals surface area contributed by atoms with Crippen molar-refractivity contribution in [3.05, 3.63) is 45.9 Å². The van der Waals surface area contributed by atoms with Crippen LogP contribution in [-0.4, -0.2) is 139 Å². The predicted molar refractivity (Wildman–Crippen MR) is 298 cm³/mol. The first kappa shape index (κ1) is 65.1. The third-order valence-electron chi connectivity index (χ3n) is 13.3. The molecule has 0 aliphatic rings. The van der Waals surface area contributed by atoms with Gasteiger partial charge in [0.15, 0.2) is 11.5 Å². The maximum Gasteiger partial charge on any atom is 0.328 e. The van der Waals surface area contributed by atoms with Crippen molar-refractivity contribution in [2.45, 2.75) is 194 Å². The number of benzene rings is 1. The van der Waals surface area contributed by atoms with Gasteiger partial charge in [0.2, 0.25) is 5.91 Å². The number of amides is 1. The number of imidazole rings is 1. The molecule has 2 aromatic heterocycles. The van der Waals surface area contributed by atoms with Crippen LogP contribution in [0.1, 0.15) is 204 Å². The molecule has 18 nitrogen and oxygen atoms in total. The zero-order valence-corrected chi connectivity index (χ0v) is 47.0. The average molecular weight is 1070 g/mol. The molecule has 3 aromatic rings. The third-order valence-corrected chi connectivity index (χ3v) is 13.3. The fourth-order valence-electron chi connectivity index (χ4n) is 8.76. The maximum atomic E-state index is 13.5. The lowest BCUT2D eigenvalue weighted by molar-refractivity contribution is -0.145. The number of aldehydes is 1. The van der Waals surface area contributed by atoms with Crippen LogP contribution in [-0.2, 0) is 44.7 Å². The molecule has 0 fully saturated rings. The number of methoxy groups -OCH3 is 1. The van der Waals surface area contributed by atoms with Gasteiger partial charge in [-0.2, -0.15) is 9.97 Å². The van der Waals surface area contributed by atoms with Gasteiger partial charge in [-0.3, -0.25) is 28.5 Å². The molecule has 0 bridgehead atoms. The van der Waals surface area contributed by atoms with Crippen molar-refractivity contribution < 1.29 is 47.7 Å². The fourth-order valence-corrected chi connectivity index (χ4v) is 8.76. The Bertz CT molecular complexity index is 2080. The van der Waals surface area contributed by atoms with Crippen LogP contribution in [0.25, 0.3) is 11.2 Å². The highest BCUT2D eigenvalue weighted by Crippen LogP contribution is 2.22. The van der Waals surface area contributed by atoms with Gasteiger partial charge in [-0.15, -0.1) is 0 Å². The van der Waals surface area contributed by atoms with Crippen LogP contribution in [0.15, 0.2) is 29.1 Å². The smallest absolute Gasteiger partial charge is 0.328 e. The normalized spacial score (nSPS) is 11.4. The molecule has 0 saturated carbocycles. The number of aromatic amines is 1. The number of unbranched alkanes of at least 4 members (excludes halogenated alkanes) is 17. The minimum atomic E-state index is -0.450. The first-order valence-corrected chi connectivity index (χ1v) is 29.0. The first-order chi connectivity index (χ1) is 37.1. The Morgan fingerprint density at radius 3 is 1.54 bits per heavy atom. The minimum Gasteiger partial charge on any atom is -0.466 e. The van der Waals surface area contributed by atoms with Gasteiger partial charge in [-0.25, -0.2) is 4.79 Å². The molecule has 0 spiro atoms. The fraction of sp³-hybridized carbons (Fsp3) is 0.724. The molecule has 1 amide bonds. The molecular formula is C58H95N7O11. The van der Waals surface area contributed by atoms with Crippen LogP contribution in [0, 0.1) is 0 Å². The number of aromatic nitrogens is 4. The van der Waals surface area contributed by atoms with E-state index >= 15 is 0 Å². The number of anilines is 1. The molecule has 76 heavy (non-hydrogen) atoms. The monoisotopic (exact) mass is 1070 g/mol. The van der Waals surface area contributed by atoms with Crippen LogP contribution in [0.3, 0.4) is 0 Å². The Hall–Kier alpha value is -5.20. The summed E-state index contributed by atoms with van der Waals surface area (Å²) >= 11 is 0. The molecule has 428 valence electrons. The van der Waals surface area contributed by atoms with Crippen molar-refractivity contribution in [2.75, 3.05) is 84.7 Å². The van der Waals surface area contributed by atoms with Gasteiger partial charge < -0.3 is 43.8 Å². The van der Waals surface area contributed by atoms with Crippen LogP contribution < -0.4 is 15.7 Å². The van der Waals surface area contributed by atoms with Gasteiger partial charge in [0.05, 0.1) is 52.2 Å². The lowest BCUT2D eigenvalue weighted by atomic mass is 10.1. The summed E-state index contributed by atoms with van der Waals surface area (Å²) in [5.74, 6) is -0.848. The van der Waals surface area contributed by atoms with E-state index in [0.717, 1.165) is 88.9 Å². The molecule has 2 heterocycles. The van der Waals surface area contributed by atoms with Crippen molar-refractivity contribution in [1.82, 2.24) is 29.3 Å². The summed E-state index contributed by atoms with van der Waals surface area (Å²) < 4.78 is 29.1. The predicted octanol–water partition coefficient (Wildman–Crippen LogP) is 10.4. The zero-order valence-electron chi connectivity index (χ0n) is 47.0. The van der Waals surface area contributed by atoms with Crippen molar-refractivity contribution in [1.29, 1.82) is 0 Å². The van der Waals surface area contributed by atoms with Gasteiger partial charge in [0, 0.05) is 38.7 Å². The molecule has 2 N–H and O–H groups in total. The number of ether oxygens (including phenoxy) is 5. The standard InChI is InChI=1S/C58H95N7O11/c1-5-8-11-14-17-23-41-73-51(68)32-38-63(36-26-37-64(39-33-52(69)74-42-24-18-15-12-9-6-2)40-34-53(70)75-43-25-19-16-13-10-7-3)35-22-20-21-27-50(67)59-55-54-56(62-57(61-55)76-45-44-72-4)65(58(71)60-54)46-48-28-30-49(47-66)31-29-48/h28-31,47H,5-27,32-46H2,1-4H3,(H,60,71)(H,59,61,62,67). The number of hydrogen-bond acceptors (Lipinski definition) is 15. The van der Waals surface area contributed by atoms with E-state index in [1.165, 1.54) is 62.4 Å². The second kappa shape index (κ2) is 41.9. The summed E-state index contributed by atoms with van der Waals surface area (Å²) in [4.78, 5) is 92.6. The van der Waals surface area contributed by atoms with E-state index in [2.05, 4.69) is 50.8 Å². The molecule has 0 aliphatic heterocycles. The quantitative estimate of drug-likeness (QED) is 0.0233. The van der Waals surface area contributed by atoms with E-state index < -0.39 is 5.69 Å². The van der Waals surface area contributed by atoms with Crippen LogP contribution in [0.4, 0.5) is 5.82 Å². The molecule has 3 rings (SSSR count). The average Bonchev–Trinajstić information content (AvgIpc) is 3.73. The number of H-pyrrole nitrogens is 1. The Morgan fingerprint density at radius 1 is 0.566 bits per heavy atom. The van der Waals surface area contributed by atoms with Crippen molar-refractivity contribution in [3.8, 4) is 6.01 Å². The molecule has 18 heteroatoms. The highest BCUT2D eigenvalue weighted by Gasteiger charge is 2.20. The highest BCUT2D eigenvalue weighted by atomic mass is 16.5. The van der Waals surface area contributed by atoms with E-state index in [-0.39, 0.29) is 92.2 Å². The van der Waals surface area contributed by atoms with Crippen molar-refractivity contribution >= 4 is 47.1 Å². The van der Waals surface area contributed by atoms with Crippen LogP contribution in [0.2, 0.25) is 0 Å². The van der Waals surface area contributed by atoms with Crippen molar-refractivity contribution in [2.24, 2.45) is 0 Å². The molecule has 1 aromatic carbocycles. The number of nitrogens with zero attached hydrogens (tertiary/aromatic N) is 5. The van der Waals surface area contributed by atoms with Crippen molar-refractivity contribution in [3.63, 3.8) is 0 Å². The van der Waals surface area contributed by atoms with Gasteiger partial charge >= 0.3 is 29.6 Å². The second-order valence-electron chi connectivity index (χ2n) is 19.9. The van der Waals surface area contributed by atoms with E-state index in [4.69, 9.17) is 23.7 Å². The molecule has 0 atom stereocenters. The summed E-state index contributed by atoms with van der Waals surface area (Å²) in [6, 6.07) is 6.84. The summed E-state index contributed by atoms with van der Waals surface area (Å²) in [5, 5.41) is 2.87. The highest BCUT2D eigenvalue weighted by molar-refractivity contribution is 5.97. The number of fused-ring (bicyclic) bond motifs is 1. The lowest BCUT2D eigenvalue weighted by Crippen LogP contribution is -2.34. The first-order valence-electron chi connectivity index (χ1n) is 29.0. The van der Waals surface area contributed by atoms with Crippen LogP contribution in [0.5, 0.6) is 6.01 Å². The number of carbonyl (C=O) groups excluding carboxylic acids is 5. The maximum absolute atomic E-state index is 13.5. The number of rotatable bonds is 48. The number of carbonyl (C=O) groups is 5. The lowest BCUT2D eigenvalue weighted by Gasteiger charge is -2.25. The number of nitrogens with one attached hydrogen (secondary N) is 2. The van der Waals surface area contributed by atoms with E-state index in [1.54, 1.807) is 31.4 Å². The minimum absolute atomic E-state index is 0.0268. The Morgan fingerprint density at radius 2 is 1.04 bits per heavy atom. The largest absolute Gasteiger partial charge is 0.466 e. The van der Waals surface area contributed by atoms with Crippen LogP contribution >= 0.6 is 0 Å². The molecule has 0 aliphatic carbocycles. The summed E-state index contributed by atoms with van der Waals surface area (Å²) in [7, 11) is 1.54. The number of esters is 3. The summed E-state index contributed by atoms with van der Waals surface area (Å²) in [6.07, 6.45) is 24.5. The van der Waals surface area contributed by atoms with Gasteiger partial charge in [-0.1, -0.05) is 148 Å². The zero-order chi connectivity index (χ0) is 54.9. The molecule has 0 unspecified atom stereocenters. The number of hydrogen-bond donors (Lipinski definition) is 2. The molecule has 0 saturated heterocycles. The van der Waals surface area contributed by atoms with Gasteiger partial charge in [0.25, 0.3) is 0 Å². The van der Waals surface area contributed by atoms with E-state index in [0.29, 0.717) is 71.1 Å². The Balaban J connectivity index is 1.62. The van der Waals surface area contributed by atoms with E-state index in [9.17, 15) is 28.8 Å². The third kappa shape index (κ3) is 29.4. The van der Waals surface area contributed by atoms with E-state index in [1.807, 2.05) is 0 Å².